The van der Waals surface area contributed by atoms with Crippen LogP contribution in [0.1, 0.15) is 0 Å². The van der Waals surface area contributed by atoms with E-state index in [2.05, 4.69) is 4.74 Å². The highest BCUT2D eigenvalue weighted by molar-refractivity contribution is 3.89. The van der Waals surface area contributed by atoms with E-state index in [1.165, 1.54) is 0 Å². The van der Waals surface area contributed by atoms with E-state index in [9.17, 15) is 0 Å². The largest absolute Gasteiger partial charge is 0.370 e. The highest BCUT2D eigenvalue weighted by atomic mass is 19.0. The molecule has 0 radical (unpaired) electrons. The Morgan fingerprint density at radius 3 is 2.00 bits per heavy atom. The van der Waals surface area contributed by atoms with Gasteiger partial charge >= 0.3 is 0 Å². The fourth-order valence-corrected chi connectivity index (χ4v) is 0. The molecule has 0 aliphatic rings. The Kier molecular flexibility index (Phi) is 16.2. The Morgan fingerprint density at radius 2 is 2.00 bits per heavy atom. The van der Waals surface area contributed by atoms with Gasteiger partial charge in [-0.3, -0.25) is 4.70 Å². The second kappa shape index (κ2) is 9.14. The van der Waals surface area contributed by atoms with Crippen molar-refractivity contribution >= 4 is 0 Å². The number of nitrogens with two attached hydrogens (primary N) is 1. The van der Waals surface area contributed by atoms with Gasteiger partial charge in [0, 0.05) is 7.11 Å². The summed E-state index contributed by atoms with van der Waals surface area (Å²) in [6.45, 7) is 0.319. The summed E-state index contributed by atoms with van der Waals surface area (Å²) < 4.78 is 4.32. The van der Waals surface area contributed by atoms with Gasteiger partial charge in [0.2, 0.25) is 0 Å². The van der Waals surface area contributed by atoms with Crippen LogP contribution in [0.3, 0.4) is 0 Å². The zero-order valence-corrected chi connectivity index (χ0v) is 3.10. The van der Waals surface area contributed by atoms with E-state index in [1.54, 1.807) is 7.11 Å². The lowest BCUT2D eigenvalue weighted by molar-refractivity contribution is 0.207. The van der Waals surface area contributed by atoms with E-state index in [0.717, 1.165) is 0 Å². The third-order valence-electron chi connectivity index (χ3n) is 0.167. The lowest BCUT2D eigenvalue weighted by atomic mass is 11.3. The minimum atomic E-state index is 0. The normalized spacial score (nSPS) is 6.00. The Balaban J connectivity index is 0. The Bertz CT molecular complexity index is 11.6. The molecule has 0 amide bonds. The summed E-state index contributed by atoms with van der Waals surface area (Å²) in [6.07, 6.45) is 0. The monoisotopic (exact) mass is 81.1 g/mol. The third-order valence-corrected chi connectivity index (χ3v) is 0.167. The molecule has 0 bridgehead atoms. The maximum Gasteiger partial charge on any atom is 0.0936 e. The average molecular weight is 81.1 g/mol. The van der Waals surface area contributed by atoms with Gasteiger partial charge in [-0.05, 0) is 0 Å². The molecule has 0 unspecified atom stereocenters. The molecule has 2 nitrogen and oxygen atoms in total. The van der Waals surface area contributed by atoms with Crippen molar-refractivity contribution in [2.45, 2.75) is 0 Å². The predicted octanol–water partition coefficient (Wildman–Crippen LogP) is -0.298. The summed E-state index contributed by atoms with van der Waals surface area (Å²) >= 11 is 0. The first kappa shape index (κ1) is 8.85. The van der Waals surface area contributed by atoms with Crippen LogP contribution in [-0.2, 0) is 4.74 Å². The van der Waals surface area contributed by atoms with Crippen molar-refractivity contribution in [1.82, 2.24) is 0 Å². The molecule has 0 spiro atoms. The van der Waals surface area contributed by atoms with Crippen molar-refractivity contribution in [1.29, 1.82) is 0 Å². The van der Waals surface area contributed by atoms with Crippen molar-refractivity contribution in [2.75, 3.05) is 13.8 Å². The molecule has 2 N–H and O–H groups in total. The number of methoxy groups -OCH3 is 1. The van der Waals surface area contributed by atoms with Crippen LogP contribution in [0.15, 0.2) is 0 Å². The third kappa shape index (κ3) is 18.2. The maximum absolute atomic E-state index is 4.81. The van der Waals surface area contributed by atoms with Crippen LogP contribution in [0, 0.1) is 0 Å². The molecule has 5 heavy (non-hydrogen) atoms. The summed E-state index contributed by atoms with van der Waals surface area (Å²) in [7, 11) is 1.56. The first-order valence-corrected chi connectivity index (χ1v) is 1.11. The van der Waals surface area contributed by atoms with Crippen molar-refractivity contribution < 1.29 is 9.44 Å². The SMILES string of the molecule is COCN.F. The van der Waals surface area contributed by atoms with E-state index in [4.69, 9.17) is 5.73 Å². The van der Waals surface area contributed by atoms with E-state index >= 15 is 0 Å². The van der Waals surface area contributed by atoms with Gasteiger partial charge in [0.15, 0.2) is 0 Å². The number of ether oxygens (including phenoxy) is 1. The summed E-state index contributed by atoms with van der Waals surface area (Å²) in [5.74, 6) is 0. The molecule has 0 aliphatic carbocycles. The molecule has 0 aromatic heterocycles. The van der Waals surface area contributed by atoms with Crippen LogP contribution in [0.5, 0.6) is 0 Å². The van der Waals surface area contributed by atoms with Crippen molar-refractivity contribution in [3.63, 3.8) is 0 Å². The molecule has 0 atom stereocenters. The maximum atomic E-state index is 4.81. The van der Waals surface area contributed by atoms with Crippen LogP contribution >= 0.6 is 0 Å². The lowest BCUT2D eigenvalue weighted by Gasteiger charge is -1.77. The van der Waals surface area contributed by atoms with Crippen LogP contribution in [0.2, 0.25) is 0 Å². The molecule has 0 aromatic rings. The van der Waals surface area contributed by atoms with Gasteiger partial charge < -0.3 is 10.5 Å². The number of hydrogen-bond acceptors (Lipinski definition) is 2. The predicted molar refractivity (Wildman–Crippen MR) is 18.6 cm³/mol. The molecular formula is C2H8FNO. The molecule has 0 saturated carbocycles. The zero-order valence-electron chi connectivity index (χ0n) is 3.10. The number of rotatable bonds is 1. The first-order valence-electron chi connectivity index (χ1n) is 1.11. The Labute approximate surface area is 30.3 Å². The smallest absolute Gasteiger partial charge is 0.0936 e. The highest BCUT2D eigenvalue weighted by Gasteiger charge is 1.50. The molecule has 34 valence electrons. The van der Waals surface area contributed by atoms with Crippen LogP contribution < -0.4 is 5.73 Å². The standard InChI is InChI=1S/C2H7NO.FH/c1-4-2-3;/h2-3H2,1H3;1H. The quantitative estimate of drug-likeness (QED) is 0.440. The Morgan fingerprint density at radius 1 is 1.80 bits per heavy atom. The van der Waals surface area contributed by atoms with Gasteiger partial charge in [-0.15, -0.1) is 0 Å². The first-order chi connectivity index (χ1) is 1.91. The van der Waals surface area contributed by atoms with Gasteiger partial charge in [-0.2, -0.15) is 0 Å². The second-order valence-corrected chi connectivity index (χ2v) is 0.455. The molecule has 0 aliphatic heterocycles. The van der Waals surface area contributed by atoms with Crippen molar-refractivity contribution in [2.24, 2.45) is 5.73 Å². The van der Waals surface area contributed by atoms with Crippen LogP contribution in [0.4, 0.5) is 4.70 Å². The van der Waals surface area contributed by atoms with Crippen molar-refractivity contribution in [3.8, 4) is 0 Å². The van der Waals surface area contributed by atoms with Crippen molar-refractivity contribution in [3.05, 3.63) is 0 Å². The van der Waals surface area contributed by atoms with Gasteiger partial charge in [0.05, 0.1) is 6.73 Å². The fourth-order valence-electron chi connectivity index (χ4n) is 0. The molecule has 0 saturated heterocycles. The van der Waals surface area contributed by atoms with E-state index in [-0.39, 0.29) is 4.70 Å². The van der Waals surface area contributed by atoms with Gasteiger partial charge in [0.25, 0.3) is 0 Å². The molecule has 3 heteroatoms. The minimum Gasteiger partial charge on any atom is -0.370 e. The highest BCUT2D eigenvalue weighted by Crippen LogP contribution is 1.40. The average Bonchev–Trinajstić information content (AvgIpc) is 1.37. The van der Waals surface area contributed by atoms with Gasteiger partial charge in [-0.25, -0.2) is 0 Å². The van der Waals surface area contributed by atoms with E-state index in [1.807, 2.05) is 0 Å². The lowest BCUT2D eigenvalue weighted by Crippen LogP contribution is -1.98. The molecule has 0 rings (SSSR count). The molecule has 0 heterocycles. The molecule has 0 fully saturated rings. The topological polar surface area (TPSA) is 35.2 Å². The van der Waals surface area contributed by atoms with E-state index in [0.29, 0.717) is 6.73 Å². The fraction of sp³-hybridized carbons (Fsp3) is 1.00. The minimum absolute atomic E-state index is 0. The van der Waals surface area contributed by atoms with Crippen LogP contribution in [0.25, 0.3) is 0 Å². The number of halogens is 1. The number of hydrogen-bond donors (Lipinski definition) is 1. The molecular weight excluding hydrogens is 73.0 g/mol. The summed E-state index contributed by atoms with van der Waals surface area (Å²) in [6, 6.07) is 0. The molecule has 0 aromatic carbocycles. The van der Waals surface area contributed by atoms with Gasteiger partial charge in [0.1, 0.15) is 0 Å². The summed E-state index contributed by atoms with van der Waals surface area (Å²) in [4.78, 5) is 0. The zero-order chi connectivity index (χ0) is 3.41. The summed E-state index contributed by atoms with van der Waals surface area (Å²) in [5, 5.41) is 0. The summed E-state index contributed by atoms with van der Waals surface area (Å²) in [5.41, 5.74) is 4.81. The van der Waals surface area contributed by atoms with E-state index < -0.39 is 0 Å². The second-order valence-electron chi connectivity index (χ2n) is 0.455. The Hall–Kier alpha value is -0.150. The van der Waals surface area contributed by atoms with Crippen LogP contribution in [-0.4, -0.2) is 13.8 Å². The van der Waals surface area contributed by atoms with Gasteiger partial charge in [-0.1, -0.05) is 0 Å².